The molecule has 0 bridgehead atoms. The summed E-state index contributed by atoms with van der Waals surface area (Å²) in [7, 11) is 0. The first-order chi connectivity index (χ1) is 9.11. The summed E-state index contributed by atoms with van der Waals surface area (Å²) in [6.07, 6.45) is 5.03. The third-order valence-electron chi connectivity index (χ3n) is 3.12. The molecule has 0 amide bonds. The Bertz CT molecular complexity index is 524. The molecule has 0 aliphatic carbocycles. The first-order valence-electron chi connectivity index (χ1n) is 6.92. The van der Waals surface area contributed by atoms with Gasteiger partial charge in [-0.1, -0.05) is 6.92 Å². The predicted molar refractivity (Wildman–Crippen MR) is 77.2 cm³/mol. The minimum atomic E-state index is 0.389. The number of hydrogen-bond acceptors (Lipinski definition) is 3. The fourth-order valence-electron chi connectivity index (χ4n) is 2.02. The van der Waals surface area contributed by atoms with Crippen LogP contribution < -0.4 is 5.32 Å². The summed E-state index contributed by atoms with van der Waals surface area (Å²) in [4.78, 5) is 0. The summed E-state index contributed by atoms with van der Waals surface area (Å²) in [6, 6.07) is 2.44. The maximum absolute atomic E-state index is 4.56. The summed E-state index contributed by atoms with van der Waals surface area (Å²) < 4.78 is 4.03. The molecule has 0 aliphatic rings. The lowest BCUT2D eigenvalue weighted by atomic mass is 10.3. The second-order valence-electron chi connectivity index (χ2n) is 5.13. The highest BCUT2D eigenvalue weighted by Crippen LogP contribution is 2.15. The number of nitrogens with one attached hydrogen (secondary N) is 1. The van der Waals surface area contributed by atoms with Crippen LogP contribution in [0.4, 0.5) is 5.82 Å². The quantitative estimate of drug-likeness (QED) is 0.869. The lowest BCUT2D eigenvalue weighted by Crippen LogP contribution is -2.10. The molecule has 2 aromatic rings. The Kier molecular flexibility index (Phi) is 4.24. The van der Waals surface area contributed by atoms with Crippen molar-refractivity contribution < 1.29 is 0 Å². The van der Waals surface area contributed by atoms with Crippen molar-refractivity contribution in [1.29, 1.82) is 0 Å². The van der Waals surface area contributed by atoms with Crippen molar-refractivity contribution in [2.75, 3.05) is 5.32 Å². The van der Waals surface area contributed by atoms with Crippen LogP contribution in [0.5, 0.6) is 0 Å². The molecule has 0 fully saturated rings. The van der Waals surface area contributed by atoms with Gasteiger partial charge in [-0.3, -0.25) is 9.36 Å². The maximum Gasteiger partial charge on any atom is 0.151 e. The van der Waals surface area contributed by atoms with Crippen LogP contribution in [0.25, 0.3) is 0 Å². The summed E-state index contributed by atoms with van der Waals surface area (Å²) in [5, 5.41) is 12.3. The van der Waals surface area contributed by atoms with Gasteiger partial charge in [-0.15, -0.1) is 0 Å². The van der Waals surface area contributed by atoms with Gasteiger partial charge in [0.25, 0.3) is 0 Å². The van der Waals surface area contributed by atoms with E-state index in [1.165, 1.54) is 11.3 Å². The van der Waals surface area contributed by atoms with E-state index in [1.807, 2.05) is 15.6 Å². The normalized spacial score (nSPS) is 11.2. The van der Waals surface area contributed by atoms with E-state index in [2.05, 4.69) is 55.5 Å². The molecule has 2 heterocycles. The van der Waals surface area contributed by atoms with Gasteiger partial charge in [0.15, 0.2) is 5.82 Å². The van der Waals surface area contributed by atoms with Gasteiger partial charge >= 0.3 is 0 Å². The Hall–Kier alpha value is -1.78. The smallest absolute Gasteiger partial charge is 0.151 e. The highest BCUT2D eigenvalue weighted by Gasteiger charge is 2.08. The molecule has 19 heavy (non-hydrogen) atoms. The number of aryl methyl sites for hydroxylation is 2. The van der Waals surface area contributed by atoms with E-state index in [9.17, 15) is 0 Å². The third-order valence-corrected chi connectivity index (χ3v) is 3.12. The van der Waals surface area contributed by atoms with Crippen LogP contribution in [0.15, 0.2) is 18.5 Å². The number of nitrogens with zero attached hydrogens (tertiary/aromatic N) is 4. The molecule has 0 spiro atoms. The molecule has 104 valence electrons. The van der Waals surface area contributed by atoms with Crippen LogP contribution in [0.1, 0.15) is 44.5 Å². The minimum Gasteiger partial charge on any atom is -0.363 e. The minimum absolute atomic E-state index is 0.389. The summed E-state index contributed by atoms with van der Waals surface area (Å²) >= 11 is 0. The molecule has 0 saturated carbocycles. The highest BCUT2D eigenvalue weighted by molar-refractivity contribution is 5.42. The van der Waals surface area contributed by atoms with E-state index in [0.29, 0.717) is 6.04 Å². The van der Waals surface area contributed by atoms with Gasteiger partial charge < -0.3 is 5.32 Å². The first kappa shape index (κ1) is 13.6. The van der Waals surface area contributed by atoms with Crippen LogP contribution in [-0.4, -0.2) is 19.6 Å². The molecule has 2 rings (SSSR count). The number of rotatable bonds is 6. The zero-order chi connectivity index (χ0) is 13.8. The zero-order valence-electron chi connectivity index (χ0n) is 12.2. The Morgan fingerprint density at radius 2 is 2.16 bits per heavy atom. The monoisotopic (exact) mass is 261 g/mol. The van der Waals surface area contributed by atoms with Gasteiger partial charge in [0, 0.05) is 30.5 Å². The van der Waals surface area contributed by atoms with Gasteiger partial charge in [-0.2, -0.15) is 10.2 Å². The summed E-state index contributed by atoms with van der Waals surface area (Å²) in [6.45, 7) is 10.2. The summed E-state index contributed by atoms with van der Waals surface area (Å²) in [5.41, 5.74) is 2.37. The van der Waals surface area contributed by atoms with Gasteiger partial charge in [0.1, 0.15) is 0 Å². The van der Waals surface area contributed by atoms with Crippen molar-refractivity contribution >= 4 is 5.82 Å². The molecule has 0 radical (unpaired) electrons. The molecule has 5 heteroatoms. The molecule has 0 unspecified atom stereocenters. The molecule has 5 nitrogen and oxygen atoms in total. The van der Waals surface area contributed by atoms with Crippen LogP contribution in [0, 0.1) is 6.92 Å². The topological polar surface area (TPSA) is 47.7 Å². The second kappa shape index (κ2) is 5.91. The lowest BCUT2D eigenvalue weighted by Gasteiger charge is -2.08. The standard InChI is InChI=1S/C14H23N5/c1-5-8-18-13(6-7-16-18)9-15-14-12(4)10-19(17-14)11(2)3/h6-7,10-11H,5,8-9H2,1-4H3,(H,15,17). The fraction of sp³-hybridized carbons (Fsp3) is 0.571. The molecule has 0 aliphatic heterocycles. The fourth-order valence-corrected chi connectivity index (χ4v) is 2.02. The Labute approximate surface area is 114 Å². The Morgan fingerprint density at radius 3 is 2.79 bits per heavy atom. The molecule has 0 aromatic carbocycles. The SMILES string of the molecule is CCCn1nccc1CNc1nn(C(C)C)cc1C. The van der Waals surface area contributed by atoms with Gasteiger partial charge in [0.05, 0.1) is 12.2 Å². The van der Waals surface area contributed by atoms with Crippen molar-refractivity contribution in [2.24, 2.45) is 0 Å². The number of hydrogen-bond donors (Lipinski definition) is 1. The maximum atomic E-state index is 4.56. The number of anilines is 1. The Balaban J connectivity index is 2.04. The van der Waals surface area contributed by atoms with Crippen molar-refractivity contribution in [3.8, 4) is 0 Å². The molecular formula is C14H23N5. The lowest BCUT2D eigenvalue weighted by molar-refractivity contribution is 0.533. The van der Waals surface area contributed by atoms with Crippen molar-refractivity contribution in [3.05, 3.63) is 29.7 Å². The van der Waals surface area contributed by atoms with Crippen LogP contribution in [0.3, 0.4) is 0 Å². The van der Waals surface area contributed by atoms with Gasteiger partial charge in [0.2, 0.25) is 0 Å². The second-order valence-corrected chi connectivity index (χ2v) is 5.13. The predicted octanol–water partition coefficient (Wildman–Crippen LogP) is 2.99. The molecule has 0 atom stereocenters. The molecular weight excluding hydrogens is 238 g/mol. The Morgan fingerprint density at radius 1 is 1.37 bits per heavy atom. The van der Waals surface area contributed by atoms with Crippen LogP contribution >= 0.6 is 0 Å². The molecule has 2 aromatic heterocycles. The van der Waals surface area contributed by atoms with E-state index < -0.39 is 0 Å². The molecule has 0 saturated heterocycles. The van der Waals surface area contributed by atoms with Crippen molar-refractivity contribution in [3.63, 3.8) is 0 Å². The zero-order valence-corrected chi connectivity index (χ0v) is 12.2. The number of aromatic nitrogens is 4. The largest absolute Gasteiger partial charge is 0.363 e. The van der Waals surface area contributed by atoms with Crippen molar-refractivity contribution in [2.45, 2.75) is 53.2 Å². The average molecular weight is 261 g/mol. The summed E-state index contributed by atoms with van der Waals surface area (Å²) in [5.74, 6) is 0.956. The van der Waals surface area contributed by atoms with Crippen molar-refractivity contribution in [1.82, 2.24) is 19.6 Å². The third kappa shape index (κ3) is 3.16. The van der Waals surface area contributed by atoms with E-state index in [4.69, 9.17) is 0 Å². The highest BCUT2D eigenvalue weighted by atomic mass is 15.3. The van der Waals surface area contributed by atoms with Crippen LogP contribution in [-0.2, 0) is 13.1 Å². The van der Waals surface area contributed by atoms with E-state index in [0.717, 1.165) is 25.3 Å². The average Bonchev–Trinajstić information content (AvgIpc) is 2.94. The first-order valence-corrected chi connectivity index (χ1v) is 6.92. The van der Waals surface area contributed by atoms with E-state index in [-0.39, 0.29) is 0 Å². The van der Waals surface area contributed by atoms with Crippen LogP contribution in [0.2, 0.25) is 0 Å². The van der Waals surface area contributed by atoms with E-state index >= 15 is 0 Å². The van der Waals surface area contributed by atoms with E-state index in [1.54, 1.807) is 0 Å². The van der Waals surface area contributed by atoms with Gasteiger partial charge in [-0.05, 0) is 33.3 Å². The molecule has 1 N–H and O–H groups in total. The van der Waals surface area contributed by atoms with Gasteiger partial charge in [-0.25, -0.2) is 0 Å².